The third-order valence-corrected chi connectivity index (χ3v) is 5.73. The Balaban J connectivity index is 2.18. The molecule has 2 aromatic carbocycles. The van der Waals surface area contributed by atoms with Crippen molar-refractivity contribution in [3.63, 3.8) is 0 Å². The van der Waals surface area contributed by atoms with Crippen LogP contribution in [0.25, 0.3) is 10.8 Å². The van der Waals surface area contributed by atoms with Gasteiger partial charge in [-0.3, -0.25) is 3.07 Å². The predicted molar refractivity (Wildman–Crippen MR) is 90.1 cm³/mol. The maximum Gasteiger partial charge on any atom is 0.336 e. The third-order valence-electron chi connectivity index (χ3n) is 4.36. The monoisotopic (exact) mass is 396 g/mol. The highest BCUT2D eigenvalue weighted by atomic mass is 127. The van der Waals surface area contributed by atoms with Crippen molar-refractivity contribution in [1.82, 2.24) is 0 Å². The fourth-order valence-corrected chi connectivity index (χ4v) is 4.38. The number of carbonyl (C=O) groups is 1. The van der Waals surface area contributed by atoms with Gasteiger partial charge < -0.3 is 5.11 Å². The summed E-state index contributed by atoms with van der Waals surface area (Å²) in [5, 5.41) is 11.3. The molecule has 0 spiro atoms. The molecular formula is C17H17IO3. The van der Waals surface area contributed by atoms with Crippen LogP contribution in [-0.2, 0) is 3.07 Å². The van der Waals surface area contributed by atoms with E-state index in [0.717, 1.165) is 10.8 Å². The summed E-state index contributed by atoms with van der Waals surface area (Å²) < 4.78 is 11.9. The highest BCUT2D eigenvalue weighted by Crippen LogP contribution is 2.37. The molecule has 0 aromatic heterocycles. The number of rotatable bonds is 3. The zero-order valence-corrected chi connectivity index (χ0v) is 13.8. The van der Waals surface area contributed by atoms with Gasteiger partial charge in [-0.15, -0.1) is 0 Å². The van der Waals surface area contributed by atoms with Gasteiger partial charge in [0.1, 0.15) is 0 Å². The van der Waals surface area contributed by atoms with Crippen molar-refractivity contribution in [2.24, 2.45) is 0 Å². The van der Waals surface area contributed by atoms with E-state index >= 15 is 0 Å². The summed E-state index contributed by atoms with van der Waals surface area (Å²) in [7, 11) is 0. The molecule has 0 heterocycles. The Labute approximate surface area is 134 Å². The Bertz CT molecular complexity index is 702. The molecule has 21 heavy (non-hydrogen) atoms. The van der Waals surface area contributed by atoms with Crippen LogP contribution in [0.3, 0.4) is 0 Å². The van der Waals surface area contributed by atoms with Crippen molar-refractivity contribution < 1.29 is 13.0 Å². The van der Waals surface area contributed by atoms with Crippen LogP contribution in [0.2, 0.25) is 0 Å². The average Bonchev–Trinajstić information content (AvgIpc) is 2.53. The second-order valence-electron chi connectivity index (χ2n) is 5.62. The molecular weight excluding hydrogens is 379 g/mol. The fourth-order valence-electron chi connectivity index (χ4n) is 3.32. The molecule has 1 aliphatic rings. The number of halogens is 1. The molecule has 3 rings (SSSR count). The Morgan fingerprint density at radius 3 is 2.57 bits per heavy atom. The molecule has 0 atom stereocenters. The van der Waals surface area contributed by atoms with E-state index in [1.54, 1.807) is 6.07 Å². The van der Waals surface area contributed by atoms with Crippen molar-refractivity contribution in [3.8, 4) is 0 Å². The van der Waals surface area contributed by atoms with Crippen molar-refractivity contribution in [3.05, 3.63) is 45.0 Å². The average molecular weight is 396 g/mol. The van der Waals surface area contributed by atoms with E-state index in [4.69, 9.17) is 0 Å². The highest BCUT2D eigenvalue weighted by molar-refractivity contribution is 14.1. The van der Waals surface area contributed by atoms with Crippen LogP contribution in [0, 0.1) is 3.57 Å². The zero-order valence-electron chi connectivity index (χ0n) is 11.6. The topological polar surface area (TPSA) is 54.4 Å². The van der Waals surface area contributed by atoms with Gasteiger partial charge >= 0.3 is 5.97 Å². The molecule has 1 fully saturated rings. The first-order valence-corrected chi connectivity index (χ1v) is 9.23. The Morgan fingerprint density at radius 2 is 1.90 bits per heavy atom. The van der Waals surface area contributed by atoms with Crippen LogP contribution < -0.4 is 0 Å². The molecule has 3 nitrogen and oxygen atoms in total. The van der Waals surface area contributed by atoms with Gasteiger partial charge in [0.2, 0.25) is 0 Å². The van der Waals surface area contributed by atoms with Gasteiger partial charge in [-0.2, -0.15) is 0 Å². The zero-order chi connectivity index (χ0) is 14.8. The summed E-state index contributed by atoms with van der Waals surface area (Å²) >= 11 is -1.48. The van der Waals surface area contributed by atoms with Crippen LogP contribution >= 0.6 is 21.2 Å². The molecule has 0 bridgehead atoms. The smallest absolute Gasteiger partial charge is 0.336 e. The lowest BCUT2D eigenvalue weighted by atomic mass is 9.82. The second kappa shape index (κ2) is 6.22. The number of hydrogen-bond donors (Lipinski definition) is 1. The molecule has 1 N–H and O–H groups in total. The molecule has 110 valence electrons. The minimum absolute atomic E-state index is 0.186. The Morgan fingerprint density at radius 1 is 1.14 bits per heavy atom. The van der Waals surface area contributed by atoms with E-state index in [1.807, 2.05) is 18.2 Å². The van der Waals surface area contributed by atoms with Gasteiger partial charge in [0.05, 0.1) is 9.13 Å². The largest absolute Gasteiger partial charge is 0.478 e. The van der Waals surface area contributed by atoms with Gasteiger partial charge in [0.15, 0.2) is 21.2 Å². The number of hydrogen-bond acceptors (Lipinski definition) is 2. The van der Waals surface area contributed by atoms with E-state index < -0.39 is 27.2 Å². The number of benzene rings is 2. The van der Waals surface area contributed by atoms with Crippen LogP contribution in [-0.4, -0.2) is 11.1 Å². The number of fused-ring (bicyclic) bond motifs is 1. The Hall–Kier alpha value is -1.30. The van der Waals surface area contributed by atoms with Gasteiger partial charge in [-0.25, -0.2) is 4.79 Å². The van der Waals surface area contributed by atoms with Gasteiger partial charge in [0.25, 0.3) is 0 Å². The normalized spacial score (nSPS) is 16.2. The van der Waals surface area contributed by atoms with Crippen LogP contribution in [0.1, 0.15) is 53.9 Å². The molecule has 4 heteroatoms. The predicted octanol–water partition coefficient (Wildman–Crippen LogP) is 5.07. The molecule has 0 unspecified atom stereocenters. The van der Waals surface area contributed by atoms with Crippen molar-refractivity contribution in [1.29, 1.82) is 0 Å². The van der Waals surface area contributed by atoms with E-state index in [2.05, 4.69) is 6.07 Å². The minimum Gasteiger partial charge on any atom is -0.478 e. The molecule has 0 radical (unpaired) electrons. The maximum absolute atomic E-state index is 11.4. The summed E-state index contributed by atoms with van der Waals surface area (Å²) in [6.07, 6.45) is 6.22. The van der Waals surface area contributed by atoms with Crippen molar-refractivity contribution in [2.75, 3.05) is 0 Å². The van der Waals surface area contributed by atoms with Gasteiger partial charge in [-0.1, -0.05) is 37.5 Å². The van der Waals surface area contributed by atoms with Crippen LogP contribution in [0.15, 0.2) is 30.3 Å². The summed E-state index contributed by atoms with van der Waals surface area (Å²) in [5.41, 5.74) is 1.48. The highest BCUT2D eigenvalue weighted by Gasteiger charge is 2.19. The summed E-state index contributed by atoms with van der Waals surface area (Å²) in [6.45, 7) is 0. The summed E-state index contributed by atoms with van der Waals surface area (Å²) in [4.78, 5) is 11.3. The SMILES string of the molecule is O=Ic1cc2c(C3CCCCC3)cccc2cc1C(=O)O. The van der Waals surface area contributed by atoms with Gasteiger partial charge in [0, 0.05) is 0 Å². The lowest BCUT2D eigenvalue weighted by Gasteiger charge is -2.23. The Kier molecular flexibility index (Phi) is 4.33. The van der Waals surface area contributed by atoms with Crippen LogP contribution in [0.4, 0.5) is 0 Å². The first-order chi connectivity index (χ1) is 10.2. The molecule has 0 saturated heterocycles. The summed E-state index contributed by atoms with van der Waals surface area (Å²) in [5.74, 6) is -0.443. The molecule has 1 aliphatic carbocycles. The minimum atomic E-state index is -1.48. The van der Waals surface area contributed by atoms with E-state index in [0.29, 0.717) is 9.49 Å². The summed E-state index contributed by atoms with van der Waals surface area (Å²) in [6, 6.07) is 9.62. The van der Waals surface area contributed by atoms with E-state index in [-0.39, 0.29) is 5.56 Å². The molecule has 0 amide bonds. The van der Waals surface area contributed by atoms with Crippen molar-refractivity contribution in [2.45, 2.75) is 38.0 Å². The second-order valence-corrected chi connectivity index (χ2v) is 7.22. The van der Waals surface area contributed by atoms with Crippen LogP contribution in [0.5, 0.6) is 0 Å². The third kappa shape index (κ3) is 2.86. The van der Waals surface area contributed by atoms with E-state index in [9.17, 15) is 13.0 Å². The number of carboxylic acids is 1. The fraction of sp³-hybridized carbons (Fsp3) is 0.353. The lowest BCUT2D eigenvalue weighted by Crippen LogP contribution is -2.06. The number of carboxylic acid groups (broad SMARTS) is 1. The van der Waals surface area contributed by atoms with Crippen molar-refractivity contribution >= 4 is 37.9 Å². The molecule has 1 saturated carbocycles. The number of aromatic carboxylic acids is 1. The van der Waals surface area contributed by atoms with Gasteiger partial charge in [-0.05, 0) is 47.2 Å². The quantitative estimate of drug-likeness (QED) is 0.737. The lowest BCUT2D eigenvalue weighted by molar-refractivity contribution is 0.0696. The first-order valence-electron chi connectivity index (χ1n) is 7.27. The standard InChI is InChI=1S/C17H17IO3/c19-17(20)15-9-12-7-4-8-13(11-5-2-1-3-6-11)14(12)10-16(15)18-21/h4,7-11H,1-3,5-6H2,(H,19,20). The maximum atomic E-state index is 11.4. The van der Waals surface area contributed by atoms with E-state index in [1.165, 1.54) is 37.7 Å². The first kappa shape index (κ1) is 14.6. The molecule has 0 aliphatic heterocycles. The molecule has 2 aromatic rings.